The molecule has 0 saturated carbocycles. The van der Waals surface area contributed by atoms with Gasteiger partial charge in [-0.25, -0.2) is 0 Å². The monoisotopic (exact) mass is 303 g/mol. The van der Waals surface area contributed by atoms with Gasteiger partial charge < -0.3 is 0 Å². The van der Waals surface area contributed by atoms with E-state index in [1.165, 1.54) is 22.3 Å². The number of benzene rings is 2. The molecule has 3 heteroatoms. The molecular formula is C17H15Cl2N. The van der Waals surface area contributed by atoms with Crippen molar-refractivity contribution in [3.63, 3.8) is 0 Å². The number of fused-ring (bicyclic) bond motifs is 7. The topological polar surface area (TPSA) is 12.0 Å². The summed E-state index contributed by atoms with van der Waals surface area (Å²) in [5.41, 5.74) is 4.88. The van der Waals surface area contributed by atoms with Gasteiger partial charge in [-0.3, -0.25) is 5.32 Å². The molecule has 2 aliphatic heterocycles. The molecule has 1 nitrogen and oxygen atoms in total. The predicted octanol–water partition coefficient (Wildman–Crippen LogP) is 4.11. The van der Waals surface area contributed by atoms with Gasteiger partial charge in [-0.1, -0.05) is 60.1 Å². The zero-order valence-electron chi connectivity index (χ0n) is 11.0. The second-order valence-electron chi connectivity index (χ2n) is 5.65. The van der Waals surface area contributed by atoms with Crippen LogP contribution in [0.3, 0.4) is 0 Å². The van der Waals surface area contributed by atoms with Crippen LogP contribution >= 0.6 is 23.2 Å². The molecule has 2 atom stereocenters. The first-order valence-electron chi connectivity index (χ1n) is 6.92. The first-order valence-corrected chi connectivity index (χ1v) is 7.83. The molecule has 4 rings (SSSR count). The molecule has 0 amide bonds. The highest BCUT2D eigenvalue weighted by Crippen LogP contribution is 2.54. The van der Waals surface area contributed by atoms with E-state index in [0.29, 0.717) is 5.88 Å². The summed E-state index contributed by atoms with van der Waals surface area (Å²) in [6.45, 7) is 0. The molecule has 0 spiro atoms. The van der Waals surface area contributed by atoms with Crippen molar-refractivity contribution in [1.29, 1.82) is 0 Å². The Bertz CT molecular complexity index is 684. The van der Waals surface area contributed by atoms with Gasteiger partial charge in [0.2, 0.25) is 0 Å². The van der Waals surface area contributed by atoms with E-state index in [-0.39, 0.29) is 5.54 Å². The maximum Gasteiger partial charge on any atom is 0.124 e. The summed E-state index contributed by atoms with van der Waals surface area (Å²) in [6.07, 6.45) is 1.66. The minimum absolute atomic E-state index is 0.241. The van der Waals surface area contributed by atoms with Gasteiger partial charge in [-0.15, -0.1) is 11.6 Å². The standard InChI is InChI=1S/C17H15Cl2N/c18-10-9-16-13-6-2-1-5-12(13)11-17(19,20-16)15-8-4-3-7-14(15)16/h1-8,20H,9-11H2. The maximum absolute atomic E-state index is 6.93. The molecule has 1 N–H and O–H groups in total. The first kappa shape index (κ1) is 12.7. The molecule has 2 aliphatic rings. The molecule has 0 radical (unpaired) electrons. The molecule has 0 fully saturated rings. The lowest BCUT2D eigenvalue weighted by Crippen LogP contribution is -2.50. The molecule has 2 aromatic carbocycles. The number of rotatable bonds is 2. The lowest BCUT2D eigenvalue weighted by Gasteiger charge is -2.40. The van der Waals surface area contributed by atoms with Crippen molar-refractivity contribution in [2.75, 3.05) is 5.88 Å². The van der Waals surface area contributed by atoms with Crippen LogP contribution in [0.5, 0.6) is 0 Å². The minimum Gasteiger partial charge on any atom is -0.281 e. The van der Waals surface area contributed by atoms with E-state index in [9.17, 15) is 0 Å². The van der Waals surface area contributed by atoms with E-state index in [0.717, 1.165) is 12.8 Å². The normalized spacial score (nSPS) is 29.9. The second kappa shape index (κ2) is 4.24. The fraction of sp³-hybridized carbons (Fsp3) is 0.294. The molecule has 2 unspecified atom stereocenters. The molecule has 2 heterocycles. The van der Waals surface area contributed by atoms with E-state index < -0.39 is 5.00 Å². The summed E-state index contributed by atoms with van der Waals surface area (Å²) in [6, 6.07) is 17.0. The van der Waals surface area contributed by atoms with Gasteiger partial charge in [-0.2, -0.15) is 0 Å². The third kappa shape index (κ3) is 1.49. The highest BCUT2D eigenvalue weighted by Gasteiger charge is 2.55. The Balaban J connectivity index is 2.06. The highest BCUT2D eigenvalue weighted by molar-refractivity contribution is 6.24. The van der Waals surface area contributed by atoms with Gasteiger partial charge in [0.25, 0.3) is 0 Å². The van der Waals surface area contributed by atoms with Gasteiger partial charge in [0.15, 0.2) is 0 Å². The molecule has 0 aliphatic carbocycles. The van der Waals surface area contributed by atoms with E-state index in [1.54, 1.807) is 0 Å². The largest absolute Gasteiger partial charge is 0.281 e. The lowest BCUT2D eigenvalue weighted by atomic mass is 9.79. The molecule has 2 bridgehead atoms. The Kier molecular flexibility index (Phi) is 2.69. The Morgan fingerprint density at radius 3 is 2.35 bits per heavy atom. The minimum atomic E-state index is -0.503. The summed E-state index contributed by atoms with van der Waals surface area (Å²) in [5.74, 6) is 0.600. The van der Waals surface area contributed by atoms with Crippen LogP contribution in [0.4, 0.5) is 0 Å². The van der Waals surface area contributed by atoms with Crippen LogP contribution in [0.15, 0.2) is 48.5 Å². The third-order valence-corrected chi connectivity index (χ3v) is 5.23. The number of nitrogens with one attached hydrogen (secondary N) is 1. The average Bonchev–Trinajstić information content (AvgIpc) is 2.66. The van der Waals surface area contributed by atoms with Crippen LogP contribution in [0.25, 0.3) is 0 Å². The van der Waals surface area contributed by atoms with Crippen LogP contribution in [-0.2, 0) is 17.0 Å². The van der Waals surface area contributed by atoms with Crippen molar-refractivity contribution in [2.45, 2.75) is 23.4 Å². The third-order valence-electron chi connectivity index (χ3n) is 4.61. The van der Waals surface area contributed by atoms with Crippen molar-refractivity contribution in [2.24, 2.45) is 0 Å². The van der Waals surface area contributed by atoms with Crippen LogP contribution in [0.1, 0.15) is 28.7 Å². The number of alkyl halides is 2. The molecule has 0 saturated heterocycles. The van der Waals surface area contributed by atoms with Gasteiger partial charge in [-0.05, 0) is 28.7 Å². The van der Waals surface area contributed by atoms with E-state index in [2.05, 4.69) is 53.8 Å². The van der Waals surface area contributed by atoms with Crippen LogP contribution < -0.4 is 5.32 Å². The Morgan fingerprint density at radius 1 is 0.950 bits per heavy atom. The Hall–Kier alpha value is -1.02. The predicted molar refractivity (Wildman–Crippen MR) is 83.4 cm³/mol. The number of hydrogen-bond donors (Lipinski definition) is 1. The van der Waals surface area contributed by atoms with Crippen molar-refractivity contribution < 1.29 is 0 Å². The van der Waals surface area contributed by atoms with Gasteiger partial charge in [0, 0.05) is 12.3 Å². The van der Waals surface area contributed by atoms with E-state index in [4.69, 9.17) is 23.2 Å². The van der Waals surface area contributed by atoms with Crippen molar-refractivity contribution in [1.82, 2.24) is 5.32 Å². The molecule has 20 heavy (non-hydrogen) atoms. The first-order chi connectivity index (χ1) is 9.70. The average molecular weight is 304 g/mol. The summed E-state index contributed by atoms with van der Waals surface area (Å²) >= 11 is 13.0. The molecule has 0 aromatic heterocycles. The number of halogens is 2. The zero-order valence-corrected chi connectivity index (χ0v) is 12.5. The summed E-state index contributed by atoms with van der Waals surface area (Å²) in [7, 11) is 0. The molecule has 2 aromatic rings. The van der Waals surface area contributed by atoms with Gasteiger partial charge in [0.05, 0.1) is 5.54 Å². The summed E-state index contributed by atoms with van der Waals surface area (Å²) in [4.78, 5) is -0.503. The highest BCUT2D eigenvalue weighted by atomic mass is 35.5. The van der Waals surface area contributed by atoms with Gasteiger partial charge >= 0.3 is 0 Å². The Labute approximate surface area is 128 Å². The smallest absolute Gasteiger partial charge is 0.124 e. The zero-order chi connectivity index (χ0) is 13.8. The lowest BCUT2D eigenvalue weighted by molar-refractivity contribution is 0.322. The van der Waals surface area contributed by atoms with Crippen molar-refractivity contribution in [3.05, 3.63) is 70.8 Å². The molecule has 102 valence electrons. The SMILES string of the molecule is ClCCC12NC(Cl)(Cc3ccccc31)c1ccccc12. The van der Waals surface area contributed by atoms with E-state index in [1.807, 2.05) is 0 Å². The number of hydrogen-bond acceptors (Lipinski definition) is 1. The van der Waals surface area contributed by atoms with Gasteiger partial charge in [0.1, 0.15) is 5.00 Å². The fourth-order valence-electron chi connectivity index (χ4n) is 3.85. The van der Waals surface area contributed by atoms with Crippen LogP contribution in [0, 0.1) is 0 Å². The van der Waals surface area contributed by atoms with E-state index >= 15 is 0 Å². The molecular weight excluding hydrogens is 289 g/mol. The van der Waals surface area contributed by atoms with Crippen LogP contribution in [0.2, 0.25) is 0 Å². The maximum atomic E-state index is 6.93. The summed E-state index contributed by atoms with van der Waals surface area (Å²) in [5, 5.41) is 3.68. The quantitative estimate of drug-likeness (QED) is 0.650. The van der Waals surface area contributed by atoms with Crippen molar-refractivity contribution in [3.8, 4) is 0 Å². The fourth-order valence-corrected chi connectivity index (χ4v) is 4.61. The Morgan fingerprint density at radius 2 is 1.60 bits per heavy atom. The second-order valence-corrected chi connectivity index (χ2v) is 6.67. The van der Waals surface area contributed by atoms with Crippen molar-refractivity contribution >= 4 is 23.2 Å². The summed E-state index contributed by atoms with van der Waals surface area (Å²) < 4.78 is 0. The van der Waals surface area contributed by atoms with Crippen LogP contribution in [-0.4, -0.2) is 5.88 Å².